The molecule has 100 valence electrons. The minimum absolute atomic E-state index is 0.0967. The van der Waals surface area contributed by atoms with Gasteiger partial charge < -0.3 is 21.5 Å². The predicted molar refractivity (Wildman–Crippen MR) is 73.5 cm³/mol. The van der Waals surface area contributed by atoms with Gasteiger partial charge in [-0.3, -0.25) is 4.79 Å². The summed E-state index contributed by atoms with van der Waals surface area (Å²) < 4.78 is 5.39. The highest BCUT2D eigenvalue weighted by molar-refractivity contribution is 5.83. The Kier molecular flexibility index (Phi) is 4.83. The highest BCUT2D eigenvalue weighted by Crippen LogP contribution is 2.24. The largest absolute Gasteiger partial charge is 0.494 e. The summed E-state index contributed by atoms with van der Waals surface area (Å²) in [6, 6.07) is 4.86. The number of carbonyl (C=O) groups is 1. The summed E-state index contributed by atoms with van der Waals surface area (Å²) in [6.07, 6.45) is 0. The van der Waals surface area contributed by atoms with E-state index in [-0.39, 0.29) is 11.8 Å². The van der Waals surface area contributed by atoms with Crippen LogP contribution in [0, 0.1) is 5.92 Å². The molecular formula is C13H21N3O2. The molecular weight excluding hydrogens is 230 g/mol. The SMILES string of the molecule is CCOc1cc(N)cc(NC(C(N)=O)C(C)C)c1. The van der Waals surface area contributed by atoms with Gasteiger partial charge >= 0.3 is 0 Å². The third-order valence-electron chi connectivity index (χ3n) is 2.54. The molecule has 5 heteroatoms. The molecule has 1 amide bonds. The van der Waals surface area contributed by atoms with Gasteiger partial charge in [-0.2, -0.15) is 0 Å². The molecule has 0 aliphatic carbocycles. The van der Waals surface area contributed by atoms with Crippen LogP contribution in [0.5, 0.6) is 5.75 Å². The van der Waals surface area contributed by atoms with E-state index in [1.165, 1.54) is 0 Å². The maximum atomic E-state index is 11.3. The minimum Gasteiger partial charge on any atom is -0.494 e. The van der Waals surface area contributed by atoms with Crippen molar-refractivity contribution in [1.29, 1.82) is 0 Å². The van der Waals surface area contributed by atoms with Gasteiger partial charge in [0.2, 0.25) is 5.91 Å². The lowest BCUT2D eigenvalue weighted by Crippen LogP contribution is -2.39. The van der Waals surface area contributed by atoms with Gasteiger partial charge in [0.1, 0.15) is 11.8 Å². The number of anilines is 2. The van der Waals surface area contributed by atoms with Crippen LogP contribution in [0.15, 0.2) is 18.2 Å². The van der Waals surface area contributed by atoms with E-state index in [4.69, 9.17) is 16.2 Å². The number of rotatable bonds is 6. The zero-order valence-electron chi connectivity index (χ0n) is 11.1. The van der Waals surface area contributed by atoms with Crippen LogP contribution >= 0.6 is 0 Å². The maximum absolute atomic E-state index is 11.3. The third kappa shape index (κ3) is 3.84. The monoisotopic (exact) mass is 251 g/mol. The van der Waals surface area contributed by atoms with Crippen LogP contribution in [-0.2, 0) is 4.79 Å². The number of amides is 1. The van der Waals surface area contributed by atoms with Crippen LogP contribution < -0.4 is 21.5 Å². The number of nitrogens with two attached hydrogens (primary N) is 2. The summed E-state index contributed by atoms with van der Waals surface area (Å²) in [5.41, 5.74) is 12.4. The van der Waals surface area contributed by atoms with Crippen LogP contribution in [0.4, 0.5) is 11.4 Å². The molecule has 1 aromatic rings. The highest BCUT2D eigenvalue weighted by atomic mass is 16.5. The lowest BCUT2D eigenvalue weighted by atomic mass is 10.0. The fourth-order valence-electron chi connectivity index (χ4n) is 1.70. The van der Waals surface area contributed by atoms with E-state index in [2.05, 4.69) is 5.32 Å². The van der Waals surface area contributed by atoms with Crippen molar-refractivity contribution >= 4 is 17.3 Å². The summed E-state index contributed by atoms with van der Waals surface area (Å²) >= 11 is 0. The predicted octanol–water partition coefficient (Wildman–Crippen LogP) is 1.59. The van der Waals surface area contributed by atoms with E-state index in [0.29, 0.717) is 18.0 Å². The van der Waals surface area contributed by atoms with E-state index in [1.54, 1.807) is 18.2 Å². The summed E-state index contributed by atoms with van der Waals surface area (Å²) in [5, 5.41) is 3.08. The summed E-state index contributed by atoms with van der Waals surface area (Å²) in [4.78, 5) is 11.3. The number of benzene rings is 1. The molecule has 18 heavy (non-hydrogen) atoms. The van der Waals surface area contributed by atoms with Gasteiger partial charge in [-0.15, -0.1) is 0 Å². The van der Waals surface area contributed by atoms with Crippen LogP contribution in [0.1, 0.15) is 20.8 Å². The Morgan fingerprint density at radius 3 is 2.56 bits per heavy atom. The second-order valence-corrected chi connectivity index (χ2v) is 4.49. The molecule has 0 aromatic heterocycles. The minimum atomic E-state index is -0.429. The van der Waals surface area contributed by atoms with E-state index in [9.17, 15) is 4.79 Å². The van der Waals surface area contributed by atoms with Gasteiger partial charge in [0.25, 0.3) is 0 Å². The van der Waals surface area contributed by atoms with Crippen LogP contribution in [0.2, 0.25) is 0 Å². The molecule has 0 bridgehead atoms. The zero-order chi connectivity index (χ0) is 13.7. The van der Waals surface area contributed by atoms with E-state index in [1.807, 2.05) is 20.8 Å². The van der Waals surface area contributed by atoms with Crippen molar-refractivity contribution in [2.45, 2.75) is 26.8 Å². The lowest BCUT2D eigenvalue weighted by molar-refractivity contribution is -0.119. The molecule has 5 nitrogen and oxygen atoms in total. The van der Waals surface area contributed by atoms with E-state index < -0.39 is 6.04 Å². The van der Waals surface area contributed by atoms with Crippen molar-refractivity contribution in [3.05, 3.63) is 18.2 Å². The molecule has 0 heterocycles. The standard InChI is InChI=1S/C13H21N3O2/c1-4-18-11-6-9(14)5-10(7-11)16-12(8(2)3)13(15)17/h5-8,12,16H,4,14H2,1-3H3,(H2,15,17). The average molecular weight is 251 g/mol. The molecule has 0 saturated heterocycles. The summed E-state index contributed by atoms with van der Waals surface area (Å²) in [7, 11) is 0. The zero-order valence-corrected chi connectivity index (χ0v) is 11.1. The van der Waals surface area contributed by atoms with Gasteiger partial charge in [0.15, 0.2) is 0 Å². The third-order valence-corrected chi connectivity index (χ3v) is 2.54. The number of nitrogen functional groups attached to an aromatic ring is 1. The molecule has 0 aliphatic rings. The number of primary amides is 1. The normalized spacial score (nSPS) is 12.2. The molecule has 0 spiro atoms. The van der Waals surface area contributed by atoms with Crippen LogP contribution in [0.25, 0.3) is 0 Å². The van der Waals surface area contributed by atoms with Gasteiger partial charge in [-0.1, -0.05) is 13.8 Å². The maximum Gasteiger partial charge on any atom is 0.240 e. The van der Waals surface area contributed by atoms with Gasteiger partial charge in [-0.05, 0) is 18.9 Å². The first-order valence-corrected chi connectivity index (χ1v) is 6.03. The van der Waals surface area contributed by atoms with Crippen LogP contribution in [0.3, 0.4) is 0 Å². The number of ether oxygens (including phenoxy) is 1. The highest BCUT2D eigenvalue weighted by Gasteiger charge is 2.19. The Bertz CT molecular complexity index is 419. The first-order valence-electron chi connectivity index (χ1n) is 6.03. The summed E-state index contributed by atoms with van der Waals surface area (Å²) in [6.45, 7) is 6.32. The number of hydrogen-bond donors (Lipinski definition) is 3. The first kappa shape index (κ1) is 14.2. The summed E-state index contributed by atoms with van der Waals surface area (Å²) in [5.74, 6) is 0.386. The van der Waals surface area contributed by atoms with Gasteiger partial charge in [0, 0.05) is 23.5 Å². The number of hydrogen-bond acceptors (Lipinski definition) is 4. The fourth-order valence-corrected chi connectivity index (χ4v) is 1.70. The average Bonchev–Trinajstić information content (AvgIpc) is 2.24. The molecule has 1 unspecified atom stereocenters. The molecule has 1 aromatic carbocycles. The fraction of sp³-hybridized carbons (Fsp3) is 0.462. The number of nitrogens with one attached hydrogen (secondary N) is 1. The topological polar surface area (TPSA) is 90.4 Å². The second kappa shape index (κ2) is 6.14. The van der Waals surface area contributed by atoms with E-state index in [0.717, 1.165) is 5.69 Å². The Hall–Kier alpha value is -1.91. The van der Waals surface area contributed by atoms with Crippen molar-refractivity contribution in [2.24, 2.45) is 11.7 Å². The van der Waals surface area contributed by atoms with Crippen molar-refractivity contribution in [1.82, 2.24) is 0 Å². The van der Waals surface area contributed by atoms with Crippen molar-refractivity contribution in [2.75, 3.05) is 17.7 Å². The molecule has 1 atom stereocenters. The Balaban J connectivity index is 2.91. The van der Waals surface area contributed by atoms with Gasteiger partial charge in [0.05, 0.1) is 6.61 Å². The quantitative estimate of drug-likeness (QED) is 0.670. The van der Waals surface area contributed by atoms with E-state index >= 15 is 0 Å². The molecule has 0 radical (unpaired) electrons. The molecule has 5 N–H and O–H groups in total. The molecule has 0 saturated carbocycles. The smallest absolute Gasteiger partial charge is 0.240 e. The molecule has 0 aliphatic heterocycles. The molecule has 0 fully saturated rings. The number of carbonyl (C=O) groups excluding carboxylic acids is 1. The van der Waals surface area contributed by atoms with Crippen molar-refractivity contribution < 1.29 is 9.53 Å². The molecule has 1 rings (SSSR count). The van der Waals surface area contributed by atoms with Crippen LogP contribution in [-0.4, -0.2) is 18.6 Å². The second-order valence-electron chi connectivity index (χ2n) is 4.49. The lowest BCUT2D eigenvalue weighted by Gasteiger charge is -2.20. The Morgan fingerprint density at radius 2 is 2.06 bits per heavy atom. The van der Waals surface area contributed by atoms with Crippen molar-refractivity contribution in [3.63, 3.8) is 0 Å². The first-order chi connectivity index (χ1) is 8.43. The Labute approximate surface area is 107 Å². The Morgan fingerprint density at radius 1 is 1.39 bits per heavy atom. The van der Waals surface area contributed by atoms with Gasteiger partial charge in [-0.25, -0.2) is 0 Å². The van der Waals surface area contributed by atoms with Crippen molar-refractivity contribution in [3.8, 4) is 5.75 Å².